The van der Waals surface area contributed by atoms with E-state index in [1.165, 1.54) is 19.4 Å². The molecule has 2 saturated heterocycles. The Hall–Kier alpha value is -4.83. The number of fused-ring (bicyclic) bond motifs is 2. The molecule has 0 spiro atoms. The van der Waals surface area contributed by atoms with Crippen molar-refractivity contribution >= 4 is 34.0 Å². The average molecular weight is 532 g/mol. The van der Waals surface area contributed by atoms with Gasteiger partial charge in [-0.15, -0.1) is 10.2 Å². The highest BCUT2D eigenvalue weighted by Gasteiger charge is 2.32. The number of nitrogens with two attached hydrogens (primary N) is 1. The first kappa shape index (κ1) is 24.2. The van der Waals surface area contributed by atoms with Crippen LogP contribution in [0.25, 0.3) is 22.0 Å². The van der Waals surface area contributed by atoms with Gasteiger partial charge in [0.1, 0.15) is 5.75 Å². The number of hydrogen-bond acceptors (Lipinski definition) is 10. The minimum atomic E-state index is 0.197. The van der Waals surface area contributed by atoms with Crippen LogP contribution in [0.3, 0.4) is 0 Å². The van der Waals surface area contributed by atoms with E-state index in [1.54, 1.807) is 18.5 Å². The van der Waals surface area contributed by atoms with Crippen LogP contribution >= 0.6 is 0 Å². The number of rotatable bonds is 6. The Morgan fingerprint density at radius 2 is 1.73 bits per heavy atom. The fourth-order valence-corrected chi connectivity index (χ4v) is 5.64. The quantitative estimate of drug-likeness (QED) is 0.314. The smallest absolute Gasteiger partial charge is 0.228 e. The molecular formula is C30H29N9O. The highest BCUT2D eigenvalue weighted by atomic mass is 16.5. The molecule has 0 amide bonds. The summed E-state index contributed by atoms with van der Waals surface area (Å²) in [4.78, 5) is 17.7. The zero-order valence-corrected chi connectivity index (χ0v) is 21.9. The first-order valence-corrected chi connectivity index (χ1v) is 13.5. The maximum absolute atomic E-state index is 6.11. The molecule has 1 unspecified atom stereocenters. The molecule has 10 nitrogen and oxygen atoms in total. The number of nitrogens with one attached hydrogen (secondary N) is 1. The summed E-state index contributed by atoms with van der Waals surface area (Å²) >= 11 is 0. The molecule has 3 N–H and O–H groups in total. The minimum Gasteiger partial charge on any atom is -0.438 e. The van der Waals surface area contributed by atoms with Gasteiger partial charge >= 0.3 is 0 Å². The number of nitrogen functional groups attached to an aromatic ring is 1. The van der Waals surface area contributed by atoms with Crippen LogP contribution in [-0.4, -0.2) is 62.3 Å². The Morgan fingerprint density at radius 1 is 0.850 bits per heavy atom. The summed E-state index contributed by atoms with van der Waals surface area (Å²) in [5, 5.41) is 14.9. The molecule has 40 heavy (non-hydrogen) atoms. The second-order valence-corrected chi connectivity index (χ2v) is 10.1. The first-order chi connectivity index (χ1) is 19.7. The lowest BCUT2D eigenvalue weighted by Gasteiger charge is -2.38. The molecule has 7 rings (SSSR count). The summed E-state index contributed by atoms with van der Waals surface area (Å²) in [6.07, 6.45) is 5.85. The lowest BCUT2D eigenvalue weighted by atomic mass is 10.1. The number of nitrogens with zero attached hydrogens (tertiary/aromatic N) is 7. The van der Waals surface area contributed by atoms with Crippen molar-refractivity contribution in [1.82, 2.24) is 30.0 Å². The van der Waals surface area contributed by atoms with Crippen LogP contribution in [0.15, 0.2) is 79.1 Å². The number of pyridine rings is 1. The van der Waals surface area contributed by atoms with Gasteiger partial charge in [-0.1, -0.05) is 24.3 Å². The summed E-state index contributed by atoms with van der Waals surface area (Å²) in [6, 6.07) is 22.1. The average Bonchev–Trinajstić information content (AvgIpc) is 3.47. The fourth-order valence-electron chi connectivity index (χ4n) is 5.64. The van der Waals surface area contributed by atoms with E-state index < -0.39 is 0 Å². The minimum absolute atomic E-state index is 0.197. The van der Waals surface area contributed by atoms with Crippen molar-refractivity contribution in [2.24, 2.45) is 0 Å². The van der Waals surface area contributed by atoms with E-state index in [4.69, 9.17) is 15.6 Å². The molecule has 2 aliphatic rings. The van der Waals surface area contributed by atoms with Crippen molar-refractivity contribution in [2.45, 2.75) is 18.9 Å². The third kappa shape index (κ3) is 4.73. The molecule has 2 aliphatic heterocycles. The number of hydrogen-bond donors (Lipinski definition) is 2. The highest BCUT2D eigenvalue weighted by molar-refractivity contribution is 5.99. The third-order valence-electron chi connectivity index (χ3n) is 7.61. The summed E-state index contributed by atoms with van der Waals surface area (Å²) in [6.45, 7) is 4.29. The number of benzene rings is 2. The fraction of sp³-hybridized carbons (Fsp3) is 0.233. The molecule has 5 heterocycles. The van der Waals surface area contributed by atoms with Gasteiger partial charge in [-0.25, -0.2) is 15.0 Å². The van der Waals surface area contributed by atoms with Crippen LogP contribution in [0.1, 0.15) is 12.8 Å². The maximum Gasteiger partial charge on any atom is 0.228 e. The van der Waals surface area contributed by atoms with E-state index in [-0.39, 0.29) is 5.95 Å². The van der Waals surface area contributed by atoms with Gasteiger partial charge in [0, 0.05) is 54.5 Å². The monoisotopic (exact) mass is 531 g/mol. The van der Waals surface area contributed by atoms with Crippen LogP contribution in [-0.2, 0) is 0 Å². The Bertz CT molecular complexity index is 1660. The molecule has 0 saturated carbocycles. The van der Waals surface area contributed by atoms with Crippen molar-refractivity contribution in [1.29, 1.82) is 0 Å². The van der Waals surface area contributed by atoms with Gasteiger partial charge in [0.2, 0.25) is 11.8 Å². The number of piperazine rings is 1. The van der Waals surface area contributed by atoms with Crippen LogP contribution in [0.2, 0.25) is 0 Å². The summed E-state index contributed by atoms with van der Waals surface area (Å²) in [7, 11) is 0. The lowest BCUT2D eigenvalue weighted by molar-refractivity contribution is 0.230. The Balaban J connectivity index is 1.11. The molecule has 2 fully saturated rings. The molecule has 5 aromatic rings. The van der Waals surface area contributed by atoms with Crippen LogP contribution < -0.4 is 20.7 Å². The SMILES string of the molecule is Nc1nccc(-c2cccnc2Oc2ccc(Nc3nnc(N4CCN5CCCC5C4)c4ccccc34)cc2)n1. The first-order valence-electron chi connectivity index (χ1n) is 13.5. The molecule has 2 aromatic carbocycles. The van der Waals surface area contributed by atoms with Crippen molar-refractivity contribution in [2.75, 3.05) is 42.1 Å². The van der Waals surface area contributed by atoms with E-state index in [0.29, 0.717) is 23.4 Å². The van der Waals surface area contributed by atoms with E-state index in [0.717, 1.165) is 53.3 Å². The summed E-state index contributed by atoms with van der Waals surface area (Å²) < 4.78 is 6.11. The van der Waals surface area contributed by atoms with Crippen LogP contribution in [0, 0.1) is 0 Å². The Morgan fingerprint density at radius 3 is 2.60 bits per heavy atom. The van der Waals surface area contributed by atoms with E-state index in [2.05, 4.69) is 53.4 Å². The second-order valence-electron chi connectivity index (χ2n) is 10.1. The van der Waals surface area contributed by atoms with Gasteiger partial charge in [-0.3, -0.25) is 4.90 Å². The van der Waals surface area contributed by atoms with Crippen LogP contribution in [0.4, 0.5) is 23.3 Å². The predicted molar refractivity (Wildman–Crippen MR) is 156 cm³/mol. The Kier molecular flexibility index (Phi) is 6.29. The summed E-state index contributed by atoms with van der Waals surface area (Å²) in [5.74, 6) is 2.97. The zero-order chi connectivity index (χ0) is 26.9. The number of anilines is 4. The van der Waals surface area contributed by atoms with E-state index in [1.807, 2.05) is 42.5 Å². The van der Waals surface area contributed by atoms with Gasteiger partial charge < -0.3 is 20.7 Å². The van der Waals surface area contributed by atoms with Crippen LogP contribution in [0.5, 0.6) is 11.6 Å². The molecular weight excluding hydrogens is 502 g/mol. The number of aromatic nitrogens is 5. The third-order valence-corrected chi connectivity index (χ3v) is 7.61. The second kappa shape index (κ2) is 10.4. The molecule has 1 atom stereocenters. The molecule has 3 aromatic heterocycles. The van der Waals surface area contributed by atoms with Crippen molar-refractivity contribution < 1.29 is 4.74 Å². The number of ether oxygens (including phenoxy) is 1. The predicted octanol–water partition coefficient (Wildman–Crippen LogP) is 4.88. The zero-order valence-electron chi connectivity index (χ0n) is 21.9. The van der Waals surface area contributed by atoms with Gasteiger partial charge in [0.05, 0.1) is 11.3 Å². The topological polar surface area (TPSA) is 118 Å². The molecule has 200 valence electrons. The summed E-state index contributed by atoms with van der Waals surface area (Å²) in [5.41, 5.74) is 8.03. The molecule has 0 radical (unpaired) electrons. The van der Waals surface area contributed by atoms with E-state index >= 15 is 0 Å². The van der Waals surface area contributed by atoms with Gasteiger partial charge in [-0.05, 0) is 61.9 Å². The Labute approximate surface area is 231 Å². The maximum atomic E-state index is 6.11. The van der Waals surface area contributed by atoms with Gasteiger partial charge in [0.25, 0.3) is 0 Å². The van der Waals surface area contributed by atoms with Crippen molar-refractivity contribution in [3.05, 3.63) is 79.1 Å². The largest absolute Gasteiger partial charge is 0.438 e. The standard InChI is InChI=1S/C30H29N9O/c31-30-33-15-13-26(35-30)25-8-3-14-32-29(25)40-22-11-9-20(10-12-22)34-27-23-6-1-2-7-24(23)28(37-36-27)39-18-17-38-16-4-5-21(38)19-39/h1-3,6-15,21H,4-5,16-19H2,(H,34,36)(H2,31,33,35). The van der Waals surface area contributed by atoms with E-state index in [9.17, 15) is 0 Å². The molecule has 0 aliphatic carbocycles. The van der Waals surface area contributed by atoms with Gasteiger partial charge in [-0.2, -0.15) is 0 Å². The lowest BCUT2D eigenvalue weighted by Crippen LogP contribution is -2.50. The van der Waals surface area contributed by atoms with Crippen molar-refractivity contribution in [3.8, 4) is 22.9 Å². The molecule has 0 bridgehead atoms. The highest BCUT2D eigenvalue weighted by Crippen LogP contribution is 2.34. The van der Waals surface area contributed by atoms with Crippen molar-refractivity contribution in [3.63, 3.8) is 0 Å². The molecule has 10 heteroatoms. The normalized spacial score (nSPS) is 17.1. The van der Waals surface area contributed by atoms with Gasteiger partial charge in [0.15, 0.2) is 11.6 Å².